The third-order valence-corrected chi connectivity index (χ3v) is 3.94. The van der Waals surface area contributed by atoms with Crippen molar-refractivity contribution in [1.82, 2.24) is 0 Å². The van der Waals surface area contributed by atoms with Crippen LogP contribution in [0.15, 0.2) is 39.3 Å². The highest BCUT2D eigenvalue weighted by molar-refractivity contribution is 9.10. The van der Waals surface area contributed by atoms with Gasteiger partial charge in [-0.15, -0.1) is 0 Å². The zero-order valence-corrected chi connectivity index (χ0v) is 14.3. The van der Waals surface area contributed by atoms with Gasteiger partial charge in [-0.2, -0.15) is 0 Å². The van der Waals surface area contributed by atoms with Gasteiger partial charge < -0.3 is 11.1 Å². The lowest BCUT2D eigenvalue weighted by Gasteiger charge is -2.12. The molecule has 0 spiro atoms. The molecule has 0 unspecified atom stereocenters. The van der Waals surface area contributed by atoms with Crippen LogP contribution in [0.4, 0.5) is 11.4 Å². The summed E-state index contributed by atoms with van der Waals surface area (Å²) in [4.78, 5) is 12.3. The molecule has 2 aromatic rings. The van der Waals surface area contributed by atoms with Crippen LogP contribution in [0, 0.1) is 13.8 Å². The minimum atomic E-state index is -0.189. The molecule has 0 bridgehead atoms. The van der Waals surface area contributed by atoms with E-state index in [0.717, 1.165) is 25.8 Å². The summed E-state index contributed by atoms with van der Waals surface area (Å²) < 4.78 is 1.65. The molecule has 0 fully saturated rings. The fourth-order valence-electron chi connectivity index (χ4n) is 2.00. The van der Waals surface area contributed by atoms with Crippen molar-refractivity contribution in [2.75, 3.05) is 11.1 Å². The Morgan fingerprint density at radius 1 is 1.10 bits per heavy atom. The van der Waals surface area contributed by atoms with Crippen molar-refractivity contribution in [2.45, 2.75) is 13.8 Å². The SMILES string of the molecule is Cc1cc(C)c(NC(=O)c2cc(N)cc(Br)c2)c(Br)c1. The second-order valence-corrected chi connectivity index (χ2v) is 6.44. The maximum absolute atomic E-state index is 12.3. The van der Waals surface area contributed by atoms with E-state index < -0.39 is 0 Å². The molecule has 3 N–H and O–H groups in total. The second-order valence-electron chi connectivity index (χ2n) is 4.67. The standard InChI is InChI=1S/C15H14Br2N2O/c1-8-3-9(2)14(13(17)4-8)19-15(20)10-5-11(16)7-12(18)6-10/h3-7H,18H2,1-2H3,(H,19,20). The Balaban J connectivity index is 2.32. The molecule has 0 radical (unpaired) electrons. The number of rotatable bonds is 2. The number of carbonyl (C=O) groups excluding carboxylic acids is 1. The zero-order chi connectivity index (χ0) is 14.9. The highest BCUT2D eigenvalue weighted by atomic mass is 79.9. The predicted octanol–water partition coefficient (Wildman–Crippen LogP) is 4.66. The van der Waals surface area contributed by atoms with Gasteiger partial charge in [-0.05, 0) is 65.2 Å². The maximum atomic E-state index is 12.3. The van der Waals surface area contributed by atoms with Crippen molar-refractivity contribution in [3.63, 3.8) is 0 Å². The molecular weight excluding hydrogens is 384 g/mol. The largest absolute Gasteiger partial charge is 0.399 e. The molecule has 1 amide bonds. The number of benzene rings is 2. The Labute approximate surface area is 134 Å². The Morgan fingerprint density at radius 2 is 1.80 bits per heavy atom. The quantitative estimate of drug-likeness (QED) is 0.723. The number of hydrogen-bond donors (Lipinski definition) is 2. The molecule has 5 heteroatoms. The van der Waals surface area contributed by atoms with E-state index in [1.165, 1.54) is 0 Å². The lowest BCUT2D eigenvalue weighted by atomic mass is 10.1. The molecule has 0 heterocycles. The monoisotopic (exact) mass is 396 g/mol. The first-order valence-corrected chi connectivity index (χ1v) is 7.59. The number of aryl methyl sites for hydroxylation is 2. The number of nitrogens with two attached hydrogens (primary N) is 1. The molecule has 0 aliphatic heterocycles. The van der Waals surface area contributed by atoms with Crippen LogP contribution in [0.5, 0.6) is 0 Å². The average molecular weight is 398 g/mol. The van der Waals surface area contributed by atoms with Crippen molar-refractivity contribution in [3.05, 3.63) is 56.0 Å². The van der Waals surface area contributed by atoms with Crippen LogP contribution in [-0.2, 0) is 0 Å². The van der Waals surface area contributed by atoms with E-state index in [2.05, 4.69) is 37.2 Å². The molecule has 2 aromatic carbocycles. The summed E-state index contributed by atoms with van der Waals surface area (Å²) in [5, 5.41) is 2.91. The number of halogens is 2. The molecule has 0 atom stereocenters. The average Bonchev–Trinajstić information content (AvgIpc) is 2.32. The van der Waals surface area contributed by atoms with Crippen LogP contribution < -0.4 is 11.1 Å². The van der Waals surface area contributed by atoms with E-state index in [0.29, 0.717) is 11.3 Å². The number of amides is 1. The second kappa shape index (κ2) is 5.97. The molecule has 0 aromatic heterocycles. The Kier molecular flexibility index (Phi) is 4.50. The van der Waals surface area contributed by atoms with Gasteiger partial charge in [0, 0.05) is 20.2 Å². The van der Waals surface area contributed by atoms with E-state index in [-0.39, 0.29) is 5.91 Å². The Hall–Kier alpha value is -1.33. The molecular formula is C15H14Br2N2O. The first kappa shape index (κ1) is 15.1. The van der Waals surface area contributed by atoms with Crippen molar-refractivity contribution in [1.29, 1.82) is 0 Å². The van der Waals surface area contributed by atoms with Crippen molar-refractivity contribution in [3.8, 4) is 0 Å². The molecule has 0 aliphatic rings. The number of carbonyl (C=O) groups is 1. The highest BCUT2D eigenvalue weighted by Gasteiger charge is 2.12. The van der Waals surface area contributed by atoms with E-state index in [1.807, 2.05) is 26.0 Å². The van der Waals surface area contributed by atoms with Gasteiger partial charge in [-0.1, -0.05) is 22.0 Å². The molecule has 0 aliphatic carbocycles. The van der Waals surface area contributed by atoms with Crippen LogP contribution in [-0.4, -0.2) is 5.91 Å². The predicted molar refractivity (Wildman–Crippen MR) is 90.1 cm³/mol. The number of nitrogens with one attached hydrogen (secondary N) is 1. The fourth-order valence-corrected chi connectivity index (χ4v) is 3.29. The van der Waals surface area contributed by atoms with Crippen LogP contribution in [0.3, 0.4) is 0 Å². The molecule has 2 rings (SSSR count). The summed E-state index contributed by atoms with van der Waals surface area (Å²) in [6.45, 7) is 3.97. The summed E-state index contributed by atoms with van der Waals surface area (Å²) in [5.74, 6) is -0.189. The zero-order valence-electron chi connectivity index (χ0n) is 11.1. The van der Waals surface area contributed by atoms with Gasteiger partial charge in [0.25, 0.3) is 5.91 Å². The normalized spacial score (nSPS) is 10.4. The van der Waals surface area contributed by atoms with Crippen LogP contribution in [0.1, 0.15) is 21.5 Å². The summed E-state index contributed by atoms with van der Waals surface area (Å²) in [5.41, 5.74) is 9.74. The lowest BCUT2D eigenvalue weighted by molar-refractivity contribution is 0.102. The summed E-state index contributed by atoms with van der Waals surface area (Å²) >= 11 is 6.82. The summed E-state index contributed by atoms with van der Waals surface area (Å²) in [6, 6.07) is 9.14. The van der Waals surface area contributed by atoms with Crippen molar-refractivity contribution >= 4 is 49.1 Å². The van der Waals surface area contributed by atoms with E-state index in [9.17, 15) is 4.79 Å². The maximum Gasteiger partial charge on any atom is 0.255 e. The Bertz CT molecular complexity index is 640. The van der Waals surface area contributed by atoms with Gasteiger partial charge in [0.1, 0.15) is 0 Å². The van der Waals surface area contributed by atoms with Crippen LogP contribution >= 0.6 is 31.9 Å². The summed E-state index contributed by atoms with van der Waals surface area (Å²) in [7, 11) is 0. The van der Waals surface area contributed by atoms with Gasteiger partial charge >= 0.3 is 0 Å². The van der Waals surface area contributed by atoms with Gasteiger partial charge in [0.2, 0.25) is 0 Å². The van der Waals surface area contributed by atoms with Crippen molar-refractivity contribution < 1.29 is 4.79 Å². The van der Waals surface area contributed by atoms with Crippen LogP contribution in [0.25, 0.3) is 0 Å². The number of nitrogen functional groups attached to an aromatic ring is 1. The highest BCUT2D eigenvalue weighted by Crippen LogP contribution is 2.28. The minimum absolute atomic E-state index is 0.189. The number of hydrogen-bond acceptors (Lipinski definition) is 2. The molecule has 3 nitrogen and oxygen atoms in total. The van der Waals surface area contributed by atoms with Gasteiger partial charge in [-0.25, -0.2) is 0 Å². The topological polar surface area (TPSA) is 55.1 Å². The smallest absolute Gasteiger partial charge is 0.255 e. The lowest BCUT2D eigenvalue weighted by Crippen LogP contribution is -2.13. The van der Waals surface area contributed by atoms with Gasteiger partial charge in [0.05, 0.1) is 5.69 Å². The van der Waals surface area contributed by atoms with Gasteiger partial charge in [-0.3, -0.25) is 4.79 Å². The fraction of sp³-hybridized carbons (Fsp3) is 0.133. The minimum Gasteiger partial charge on any atom is -0.399 e. The van der Waals surface area contributed by atoms with Crippen molar-refractivity contribution in [2.24, 2.45) is 0 Å². The van der Waals surface area contributed by atoms with E-state index in [1.54, 1.807) is 18.2 Å². The first-order chi connectivity index (χ1) is 9.36. The van der Waals surface area contributed by atoms with E-state index in [4.69, 9.17) is 5.73 Å². The molecule has 0 saturated carbocycles. The third kappa shape index (κ3) is 3.41. The summed E-state index contributed by atoms with van der Waals surface area (Å²) in [6.07, 6.45) is 0. The molecule has 20 heavy (non-hydrogen) atoms. The number of anilines is 2. The Morgan fingerprint density at radius 3 is 2.40 bits per heavy atom. The van der Waals surface area contributed by atoms with E-state index >= 15 is 0 Å². The first-order valence-electron chi connectivity index (χ1n) is 6.01. The molecule has 104 valence electrons. The third-order valence-electron chi connectivity index (χ3n) is 2.85. The van der Waals surface area contributed by atoms with Gasteiger partial charge in [0.15, 0.2) is 0 Å². The van der Waals surface area contributed by atoms with Crippen LogP contribution in [0.2, 0.25) is 0 Å². The molecule has 0 saturated heterocycles.